The van der Waals surface area contributed by atoms with Crippen LogP contribution in [0.15, 0.2) is 21.2 Å². The molecule has 0 aliphatic carbocycles. The lowest BCUT2D eigenvalue weighted by molar-refractivity contribution is -0.140. The van der Waals surface area contributed by atoms with Crippen molar-refractivity contribution in [1.82, 2.24) is 10.2 Å². The van der Waals surface area contributed by atoms with Gasteiger partial charge in [0.1, 0.15) is 5.76 Å². The van der Waals surface area contributed by atoms with Crippen molar-refractivity contribution in [3.63, 3.8) is 0 Å². The van der Waals surface area contributed by atoms with Gasteiger partial charge in [-0.05, 0) is 35.1 Å². The molecule has 1 aromatic rings. The summed E-state index contributed by atoms with van der Waals surface area (Å²) in [6, 6.07) is 3.65. The average molecular weight is 333 g/mol. The van der Waals surface area contributed by atoms with E-state index in [4.69, 9.17) is 4.42 Å². The molecular formula is C12H17BrN2O4. The van der Waals surface area contributed by atoms with E-state index in [9.17, 15) is 9.59 Å². The maximum Gasteiger partial charge on any atom is 0.307 e. The second kappa shape index (κ2) is 7.96. The van der Waals surface area contributed by atoms with Gasteiger partial charge in [-0.2, -0.15) is 0 Å². The fourth-order valence-corrected chi connectivity index (χ4v) is 1.81. The number of hydrogen-bond donors (Lipinski definition) is 1. The number of rotatable bonds is 7. The first-order chi connectivity index (χ1) is 9.01. The lowest BCUT2D eigenvalue weighted by Gasteiger charge is -2.14. The third kappa shape index (κ3) is 6.40. The van der Waals surface area contributed by atoms with Crippen LogP contribution in [0.1, 0.15) is 12.2 Å². The number of carbonyl (C=O) groups is 2. The quantitative estimate of drug-likeness (QED) is 0.758. The molecule has 0 aromatic carbocycles. The molecule has 7 heteroatoms. The number of likely N-dealkylation sites (N-methyl/N-ethyl adjacent to an activating group) is 1. The standard InChI is InChI=1S/C12H17BrN2O4/c1-15(7-9-3-4-10(13)19-9)8-11(16)14-6-5-12(17)18-2/h3-4H,5-8H2,1-2H3,(H,14,16). The van der Waals surface area contributed by atoms with Crippen molar-refractivity contribution in [3.8, 4) is 0 Å². The lowest BCUT2D eigenvalue weighted by atomic mass is 10.4. The van der Waals surface area contributed by atoms with Crippen LogP contribution < -0.4 is 5.32 Å². The van der Waals surface area contributed by atoms with E-state index in [1.54, 1.807) is 6.07 Å². The summed E-state index contributed by atoms with van der Waals surface area (Å²) < 4.78 is 10.5. The molecule has 1 heterocycles. The Bertz CT molecular complexity index is 433. The van der Waals surface area contributed by atoms with Gasteiger partial charge in [0, 0.05) is 6.54 Å². The zero-order valence-electron chi connectivity index (χ0n) is 10.9. The average Bonchev–Trinajstić information content (AvgIpc) is 2.74. The Kier molecular flexibility index (Phi) is 6.58. The third-order valence-corrected chi connectivity index (χ3v) is 2.77. The first-order valence-electron chi connectivity index (χ1n) is 5.77. The summed E-state index contributed by atoms with van der Waals surface area (Å²) in [6.45, 7) is 1.06. The van der Waals surface area contributed by atoms with E-state index in [-0.39, 0.29) is 31.4 Å². The van der Waals surface area contributed by atoms with Gasteiger partial charge in [-0.15, -0.1) is 0 Å². The summed E-state index contributed by atoms with van der Waals surface area (Å²) in [5.74, 6) is 0.294. The molecule has 6 nitrogen and oxygen atoms in total. The normalized spacial score (nSPS) is 10.5. The summed E-state index contributed by atoms with van der Waals surface area (Å²) in [4.78, 5) is 24.3. The third-order valence-electron chi connectivity index (χ3n) is 2.35. The van der Waals surface area contributed by atoms with Gasteiger partial charge < -0.3 is 14.5 Å². The van der Waals surface area contributed by atoms with Gasteiger partial charge in [0.05, 0.1) is 26.6 Å². The van der Waals surface area contributed by atoms with E-state index in [0.717, 1.165) is 5.76 Å². The van der Waals surface area contributed by atoms with Crippen LogP contribution in [0.3, 0.4) is 0 Å². The molecule has 0 aliphatic rings. The summed E-state index contributed by atoms with van der Waals surface area (Å²) in [7, 11) is 3.13. The highest BCUT2D eigenvalue weighted by Gasteiger charge is 2.09. The number of esters is 1. The Hall–Kier alpha value is -1.34. The minimum atomic E-state index is -0.339. The Morgan fingerprint density at radius 3 is 2.79 bits per heavy atom. The van der Waals surface area contributed by atoms with Gasteiger partial charge in [0.15, 0.2) is 4.67 Å². The van der Waals surface area contributed by atoms with Crippen LogP contribution in [0.25, 0.3) is 0 Å². The highest BCUT2D eigenvalue weighted by atomic mass is 79.9. The van der Waals surface area contributed by atoms with Crippen molar-refractivity contribution in [2.75, 3.05) is 27.2 Å². The Balaban J connectivity index is 2.22. The minimum Gasteiger partial charge on any atom is -0.469 e. The smallest absolute Gasteiger partial charge is 0.307 e. The molecule has 1 N–H and O–H groups in total. The number of carbonyl (C=O) groups excluding carboxylic acids is 2. The molecule has 19 heavy (non-hydrogen) atoms. The molecule has 1 rings (SSSR count). The summed E-state index contributed by atoms with van der Waals surface area (Å²) in [6.07, 6.45) is 0.178. The van der Waals surface area contributed by atoms with Crippen LogP contribution in [0.2, 0.25) is 0 Å². The molecular weight excluding hydrogens is 316 g/mol. The van der Waals surface area contributed by atoms with Gasteiger partial charge in [-0.3, -0.25) is 14.5 Å². The van der Waals surface area contributed by atoms with Crippen LogP contribution in [0.4, 0.5) is 0 Å². The summed E-state index contributed by atoms with van der Waals surface area (Å²) in [5, 5.41) is 2.65. The van der Waals surface area contributed by atoms with Crippen LogP contribution >= 0.6 is 15.9 Å². The molecule has 0 radical (unpaired) electrons. The lowest BCUT2D eigenvalue weighted by Crippen LogP contribution is -2.35. The maximum absolute atomic E-state index is 11.6. The molecule has 0 bridgehead atoms. The molecule has 106 valence electrons. The van der Waals surface area contributed by atoms with Crippen LogP contribution in [-0.2, 0) is 20.9 Å². The minimum absolute atomic E-state index is 0.142. The van der Waals surface area contributed by atoms with E-state index >= 15 is 0 Å². The van der Waals surface area contributed by atoms with E-state index in [1.165, 1.54) is 7.11 Å². The zero-order valence-corrected chi connectivity index (χ0v) is 12.5. The predicted molar refractivity (Wildman–Crippen MR) is 72.4 cm³/mol. The van der Waals surface area contributed by atoms with Crippen molar-refractivity contribution >= 4 is 27.8 Å². The second-order valence-corrected chi connectivity index (χ2v) is 4.84. The van der Waals surface area contributed by atoms with Gasteiger partial charge in [-0.25, -0.2) is 0 Å². The van der Waals surface area contributed by atoms with Crippen molar-refractivity contribution in [2.24, 2.45) is 0 Å². The van der Waals surface area contributed by atoms with Crippen LogP contribution in [0.5, 0.6) is 0 Å². The SMILES string of the molecule is COC(=O)CCNC(=O)CN(C)Cc1ccc(Br)o1. The number of nitrogens with zero attached hydrogens (tertiary/aromatic N) is 1. The Morgan fingerprint density at radius 1 is 1.47 bits per heavy atom. The van der Waals surface area contributed by atoms with Crippen molar-refractivity contribution in [3.05, 3.63) is 22.6 Å². The molecule has 0 saturated carbocycles. The van der Waals surface area contributed by atoms with E-state index in [2.05, 4.69) is 26.0 Å². The fraction of sp³-hybridized carbons (Fsp3) is 0.500. The van der Waals surface area contributed by atoms with Gasteiger partial charge in [-0.1, -0.05) is 0 Å². The van der Waals surface area contributed by atoms with Gasteiger partial charge in [0.25, 0.3) is 0 Å². The van der Waals surface area contributed by atoms with Crippen molar-refractivity contribution < 1.29 is 18.7 Å². The molecule has 0 atom stereocenters. The Labute approximate surface area is 120 Å². The highest BCUT2D eigenvalue weighted by molar-refractivity contribution is 9.10. The van der Waals surface area contributed by atoms with Gasteiger partial charge in [0.2, 0.25) is 5.91 Å². The van der Waals surface area contributed by atoms with E-state index in [1.807, 2.05) is 18.0 Å². The van der Waals surface area contributed by atoms with E-state index in [0.29, 0.717) is 11.2 Å². The number of amides is 1. The molecule has 0 aliphatic heterocycles. The van der Waals surface area contributed by atoms with Crippen molar-refractivity contribution in [2.45, 2.75) is 13.0 Å². The Morgan fingerprint density at radius 2 is 2.21 bits per heavy atom. The number of furan rings is 1. The van der Waals surface area contributed by atoms with Crippen LogP contribution in [0, 0.1) is 0 Å². The number of ether oxygens (including phenoxy) is 1. The number of methoxy groups -OCH3 is 1. The number of nitrogens with one attached hydrogen (secondary N) is 1. The zero-order chi connectivity index (χ0) is 14.3. The summed E-state index contributed by atoms with van der Waals surface area (Å²) in [5.41, 5.74) is 0. The van der Waals surface area contributed by atoms with Crippen LogP contribution in [-0.4, -0.2) is 44.0 Å². The van der Waals surface area contributed by atoms with E-state index < -0.39 is 0 Å². The highest BCUT2D eigenvalue weighted by Crippen LogP contribution is 2.14. The summed E-state index contributed by atoms with van der Waals surface area (Å²) >= 11 is 3.22. The first-order valence-corrected chi connectivity index (χ1v) is 6.57. The molecule has 0 fully saturated rings. The number of hydrogen-bond acceptors (Lipinski definition) is 5. The fourth-order valence-electron chi connectivity index (χ4n) is 1.47. The number of halogens is 1. The first kappa shape index (κ1) is 15.7. The predicted octanol–water partition coefficient (Wildman–Crippen LogP) is 1.15. The molecule has 0 spiro atoms. The largest absolute Gasteiger partial charge is 0.469 e. The molecule has 0 unspecified atom stereocenters. The topological polar surface area (TPSA) is 71.8 Å². The maximum atomic E-state index is 11.6. The van der Waals surface area contributed by atoms with Crippen molar-refractivity contribution in [1.29, 1.82) is 0 Å². The van der Waals surface area contributed by atoms with Gasteiger partial charge >= 0.3 is 5.97 Å². The second-order valence-electron chi connectivity index (χ2n) is 4.05. The molecule has 1 amide bonds. The molecule has 0 saturated heterocycles. The molecule has 1 aromatic heterocycles. The monoisotopic (exact) mass is 332 g/mol.